The number of carbonyl (C=O) groups excluding carboxylic acids is 1. The summed E-state index contributed by atoms with van der Waals surface area (Å²) in [6.07, 6.45) is 4.28. The number of nitrogens with zero attached hydrogens (tertiary/aromatic N) is 1. The molecule has 0 radical (unpaired) electrons. The number of aryl methyl sites for hydroxylation is 1. The molecule has 3 rings (SSSR count). The van der Waals surface area contributed by atoms with Crippen molar-refractivity contribution in [3.63, 3.8) is 0 Å². The summed E-state index contributed by atoms with van der Waals surface area (Å²) in [5.41, 5.74) is 1.93. The lowest BCUT2D eigenvalue weighted by Gasteiger charge is -2.32. The van der Waals surface area contributed by atoms with Crippen LogP contribution in [0, 0.1) is 0 Å². The van der Waals surface area contributed by atoms with Crippen LogP contribution in [0.3, 0.4) is 0 Å². The van der Waals surface area contributed by atoms with E-state index in [2.05, 4.69) is 40.5 Å². The average Bonchev–Trinajstić information content (AvgIpc) is 2.81. The quantitative estimate of drug-likeness (QED) is 0.557. The van der Waals surface area contributed by atoms with Gasteiger partial charge >= 0.3 is 0 Å². The Balaban J connectivity index is 1.50. The van der Waals surface area contributed by atoms with Crippen LogP contribution in [0.5, 0.6) is 11.5 Å². The number of likely N-dealkylation sites (tertiary alicyclic amines) is 1. The summed E-state index contributed by atoms with van der Waals surface area (Å²) in [6.45, 7) is 4.06. The third-order valence-corrected chi connectivity index (χ3v) is 5.64. The molecule has 0 bridgehead atoms. The van der Waals surface area contributed by atoms with E-state index in [4.69, 9.17) is 14.2 Å². The first-order valence-corrected chi connectivity index (χ1v) is 11.1. The largest absolute Gasteiger partial charge is 0.497 e. The standard InChI is InChI=1S/C25H34N2O4/c1-29-18-14-26-25(28)23-11-10-22(30-2)19-24(23)31-21-12-16-27(17-13-21)15-6-9-20-7-4-3-5-8-20/h3-5,7-8,10-11,19,21H,6,9,12-18H2,1-2H3,(H,26,28). The van der Waals surface area contributed by atoms with Crippen LogP contribution >= 0.6 is 0 Å². The van der Waals surface area contributed by atoms with Crippen molar-refractivity contribution in [3.8, 4) is 11.5 Å². The van der Waals surface area contributed by atoms with Gasteiger partial charge in [-0.2, -0.15) is 0 Å². The number of carbonyl (C=O) groups is 1. The first kappa shape index (κ1) is 23.1. The summed E-state index contributed by atoms with van der Waals surface area (Å²) in [5, 5.41) is 2.87. The number of rotatable bonds is 11. The average molecular weight is 427 g/mol. The second kappa shape index (κ2) is 12.3. The van der Waals surface area contributed by atoms with Crippen LogP contribution in [0.25, 0.3) is 0 Å². The van der Waals surface area contributed by atoms with Gasteiger partial charge < -0.3 is 24.4 Å². The van der Waals surface area contributed by atoms with Crippen molar-refractivity contribution in [3.05, 3.63) is 59.7 Å². The van der Waals surface area contributed by atoms with Gasteiger partial charge in [-0.05, 0) is 49.9 Å². The summed E-state index contributed by atoms with van der Waals surface area (Å²) in [7, 11) is 3.23. The number of nitrogens with one attached hydrogen (secondary N) is 1. The Morgan fingerprint density at radius 2 is 1.87 bits per heavy atom. The van der Waals surface area contributed by atoms with Gasteiger partial charge in [0.15, 0.2) is 0 Å². The van der Waals surface area contributed by atoms with E-state index in [0.29, 0.717) is 30.2 Å². The van der Waals surface area contributed by atoms with Crippen molar-refractivity contribution >= 4 is 5.91 Å². The highest BCUT2D eigenvalue weighted by atomic mass is 16.5. The van der Waals surface area contributed by atoms with Gasteiger partial charge in [0.05, 0.1) is 19.3 Å². The molecular weight excluding hydrogens is 392 g/mol. The smallest absolute Gasteiger partial charge is 0.255 e. The van der Waals surface area contributed by atoms with Crippen LogP contribution in [-0.2, 0) is 11.2 Å². The number of methoxy groups -OCH3 is 2. The molecule has 0 atom stereocenters. The molecule has 2 aromatic carbocycles. The fraction of sp³-hybridized carbons (Fsp3) is 0.480. The zero-order valence-electron chi connectivity index (χ0n) is 18.6. The summed E-state index contributed by atoms with van der Waals surface area (Å²) in [5.74, 6) is 1.10. The topological polar surface area (TPSA) is 60.0 Å². The summed E-state index contributed by atoms with van der Waals surface area (Å²) in [4.78, 5) is 15.1. The molecule has 0 saturated carbocycles. The second-order valence-corrected chi connectivity index (χ2v) is 7.86. The van der Waals surface area contributed by atoms with Gasteiger partial charge in [0, 0.05) is 32.8 Å². The van der Waals surface area contributed by atoms with Gasteiger partial charge in [-0.3, -0.25) is 4.79 Å². The Bertz CT molecular complexity index is 804. The Morgan fingerprint density at radius 1 is 1.10 bits per heavy atom. The zero-order chi connectivity index (χ0) is 21.9. The number of benzene rings is 2. The fourth-order valence-corrected chi connectivity index (χ4v) is 3.86. The summed E-state index contributed by atoms with van der Waals surface area (Å²) >= 11 is 0. The van der Waals surface area contributed by atoms with Crippen LogP contribution in [0.4, 0.5) is 0 Å². The predicted molar refractivity (Wildman–Crippen MR) is 122 cm³/mol. The molecule has 0 unspecified atom stereocenters. The zero-order valence-corrected chi connectivity index (χ0v) is 18.6. The van der Waals surface area contributed by atoms with Crippen LogP contribution in [-0.4, -0.2) is 63.9 Å². The second-order valence-electron chi connectivity index (χ2n) is 7.86. The van der Waals surface area contributed by atoms with E-state index < -0.39 is 0 Å². The van der Waals surface area contributed by atoms with Crippen LogP contribution < -0.4 is 14.8 Å². The first-order chi connectivity index (χ1) is 15.2. The number of hydrogen-bond acceptors (Lipinski definition) is 5. The van der Waals surface area contributed by atoms with Gasteiger partial charge in [0.1, 0.15) is 17.6 Å². The van der Waals surface area contributed by atoms with Gasteiger partial charge in [0.2, 0.25) is 0 Å². The van der Waals surface area contributed by atoms with E-state index in [9.17, 15) is 4.79 Å². The van der Waals surface area contributed by atoms with Crippen molar-refractivity contribution in [1.29, 1.82) is 0 Å². The molecule has 1 saturated heterocycles. The molecular formula is C25H34N2O4. The molecule has 0 aliphatic carbocycles. The molecule has 1 aliphatic rings. The number of ether oxygens (including phenoxy) is 3. The highest BCUT2D eigenvalue weighted by Crippen LogP contribution is 2.28. The van der Waals surface area contributed by atoms with Gasteiger partial charge in [0.25, 0.3) is 5.91 Å². The van der Waals surface area contributed by atoms with E-state index in [0.717, 1.165) is 45.3 Å². The molecule has 6 nitrogen and oxygen atoms in total. The minimum absolute atomic E-state index is 0.100. The molecule has 6 heteroatoms. The third kappa shape index (κ3) is 7.26. The maximum atomic E-state index is 12.6. The monoisotopic (exact) mass is 426 g/mol. The Kier molecular flexibility index (Phi) is 9.18. The van der Waals surface area contributed by atoms with Gasteiger partial charge in [-0.25, -0.2) is 0 Å². The summed E-state index contributed by atoms with van der Waals surface area (Å²) < 4.78 is 16.6. The SMILES string of the molecule is COCCNC(=O)c1ccc(OC)cc1OC1CCN(CCCc2ccccc2)CC1. The Morgan fingerprint density at radius 3 is 2.58 bits per heavy atom. The van der Waals surface area contributed by atoms with Crippen molar-refractivity contribution in [2.75, 3.05) is 47.0 Å². The van der Waals surface area contributed by atoms with E-state index in [1.807, 2.05) is 0 Å². The number of amides is 1. The Labute approximate surface area is 185 Å². The van der Waals surface area contributed by atoms with Gasteiger partial charge in [-0.1, -0.05) is 30.3 Å². The van der Waals surface area contributed by atoms with Crippen LogP contribution in [0.15, 0.2) is 48.5 Å². The Hall–Kier alpha value is -2.57. The molecule has 0 spiro atoms. The molecule has 168 valence electrons. The van der Waals surface area contributed by atoms with E-state index in [1.54, 1.807) is 32.4 Å². The lowest BCUT2D eigenvalue weighted by molar-refractivity contribution is 0.0891. The van der Waals surface area contributed by atoms with E-state index in [-0.39, 0.29) is 12.0 Å². The van der Waals surface area contributed by atoms with Crippen LogP contribution in [0.2, 0.25) is 0 Å². The summed E-state index contributed by atoms with van der Waals surface area (Å²) in [6, 6.07) is 16.0. The lowest BCUT2D eigenvalue weighted by Crippen LogP contribution is -2.39. The molecule has 1 aliphatic heterocycles. The minimum Gasteiger partial charge on any atom is -0.497 e. The molecule has 1 N–H and O–H groups in total. The van der Waals surface area contributed by atoms with Crippen molar-refractivity contribution in [1.82, 2.24) is 10.2 Å². The number of hydrogen-bond donors (Lipinski definition) is 1. The third-order valence-electron chi connectivity index (χ3n) is 5.64. The molecule has 31 heavy (non-hydrogen) atoms. The lowest BCUT2D eigenvalue weighted by atomic mass is 10.1. The van der Waals surface area contributed by atoms with Crippen LogP contribution in [0.1, 0.15) is 35.2 Å². The maximum absolute atomic E-state index is 12.6. The molecule has 1 heterocycles. The van der Waals surface area contributed by atoms with Crippen molar-refractivity contribution in [2.24, 2.45) is 0 Å². The van der Waals surface area contributed by atoms with Gasteiger partial charge in [-0.15, -0.1) is 0 Å². The minimum atomic E-state index is -0.159. The first-order valence-electron chi connectivity index (χ1n) is 11.1. The maximum Gasteiger partial charge on any atom is 0.255 e. The van der Waals surface area contributed by atoms with Crippen molar-refractivity contribution < 1.29 is 19.0 Å². The molecule has 2 aromatic rings. The van der Waals surface area contributed by atoms with E-state index >= 15 is 0 Å². The van der Waals surface area contributed by atoms with E-state index in [1.165, 1.54) is 5.56 Å². The predicted octanol–water partition coefficient (Wildman–Crippen LogP) is 3.55. The van der Waals surface area contributed by atoms with Crippen molar-refractivity contribution in [2.45, 2.75) is 31.8 Å². The highest BCUT2D eigenvalue weighted by Gasteiger charge is 2.23. The number of piperidine rings is 1. The molecule has 1 amide bonds. The molecule has 1 fully saturated rings. The normalized spacial score (nSPS) is 14.9. The molecule has 0 aromatic heterocycles. The highest BCUT2D eigenvalue weighted by molar-refractivity contribution is 5.97. The fourth-order valence-electron chi connectivity index (χ4n) is 3.86.